The summed E-state index contributed by atoms with van der Waals surface area (Å²) in [4.78, 5) is 0. The van der Waals surface area contributed by atoms with Gasteiger partial charge in [0.15, 0.2) is 0 Å². The van der Waals surface area contributed by atoms with Crippen LogP contribution in [0.3, 0.4) is 0 Å². The summed E-state index contributed by atoms with van der Waals surface area (Å²) in [5.74, 6) is 0. The Morgan fingerprint density at radius 2 is 1.73 bits per heavy atom. The summed E-state index contributed by atoms with van der Waals surface area (Å²) in [7, 11) is -4.19. The third-order valence-electron chi connectivity index (χ3n) is 2.31. The first-order valence-electron chi connectivity index (χ1n) is 5.04. The fourth-order valence-electron chi connectivity index (χ4n) is 1.41. The van der Waals surface area contributed by atoms with Crippen LogP contribution in [-0.4, -0.2) is 29.4 Å². The molecule has 0 aliphatic heterocycles. The molecule has 2 atom stereocenters. The van der Waals surface area contributed by atoms with Gasteiger partial charge in [0.1, 0.15) is 0 Å². The Balaban J connectivity index is 0. The molecule has 0 saturated carbocycles. The van der Waals surface area contributed by atoms with E-state index in [1.807, 2.05) is 6.92 Å². The zero-order chi connectivity index (χ0) is 11.2. The monoisotopic (exact) mass is 262 g/mol. The number of hydrogen-bond donors (Lipinski definition) is 1. The molecule has 4 nitrogen and oxygen atoms in total. The minimum absolute atomic E-state index is 0. The maximum absolute atomic E-state index is 10.7. The third-order valence-corrected chi connectivity index (χ3v) is 3.69. The molecule has 0 fully saturated rings. The summed E-state index contributed by atoms with van der Waals surface area (Å²) in [6.45, 7) is 3.62. The maximum Gasteiger partial charge on any atom is 1.00 e. The number of rotatable bonds is 7. The molecule has 0 rings (SSSR count). The molecule has 0 amide bonds. The Morgan fingerprint density at radius 3 is 2.07 bits per heavy atom. The van der Waals surface area contributed by atoms with Gasteiger partial charge in [-0.2, -0.15) is 0 Å². The van der Waals surface area contributed by atoms with Crippen LogP contribution in [0.15, 0.2) is 0 Å². The fraction of sp³-hybridized carbons (Fsp3) is 1.00. The summed E-state index contributed by atoms with van der Waals surface area (Å²) in [5.41, 5.74) is 0. The van der Waals surface area contributed by atoms with Gasteiger partial charge in [0.25, 0.3) is 0 Å². The molecule has 0 aliphatic rings. The van der Waals surface area contributed by atoms with Crippen LogP contribution in [0.1, 0.15) is 46.0 Å². The molecule has 86 valence electrons. The van der Waals surface area contributed by atoms with Crippen LogP contribution in [0.2, 0.25) is 0 Å². The van der Waals surface area contributed by atoms with Crippen LogP contribution in [0.5, 0.6) is 0 Å². The summed E-state index contributed by atoms with van der Waals surface area (Å²) in [6, 6.07) is 0. The van der Waals surface area contributed by atoms with Crippen molar-refractivity contribution < 1.29 is 69.5 Å². The zero-order valence-corrected chi connectivity index (χ0v) is 13.7. The first-order valence-corrected chi connectivity index (χ1v) is 6.51. The molecule has 0 aromatic rings. The van der Waals surface area contributed by atoms with Crippen molar-refractivity contribution in [3.8, 4) is 0 Å². The van der Waals surface area contributed by atoms with E-state index in [2.05, 4.69) is 0 Å². The predicted molar refractivity (Wildman–Crippen MR) is 53.9 cm³/mol. The molecule has 0 aromatic heterocycles. The van der Waals surface area contributed by atoms with Crippen LogP contribution in [0, 0.1) is 0 Å². The second-order valence-electron chi connectivity index (χ2n) is 3.54. The van der Waals surface area contributed by atoms with Crippen molar-refractivity contribution in [2.75, 3.05) is 0 Å². The molecule has 0 saturated heterocycles. The minimum Gasteiger partial charge on any atom is -0.748 e. The van der Waals surface area contributed by atoms with Crippen LogP contribution in [-0.2, 0) is 10.1 Å². The second-order valence-corrected chi connectivity index (χ2v) is 5.20. The van der Waals surface area contributed by atoms with E-state index in [1.165, 1.54) is 0 Å². The van der Waals surface area contributed by atoms with Gasteiger partial charge in [-0.1, -0.05) is 20.3 Å². The smallest absolute Gasteiger partial charge is 0.748 e. The minimum atomic E-state index is -4.19. The van der Waals surface area contributed by atoms with Gasteiger partial charge in [0, 0.05) is 5.25 Å². The first kappa shape index (κ1) is 18.9. The third kappa shape index (κ3) is 9.23. The topological polar surface area (TPSA) is 77.4 Å². The summed E-state index contributed by atoms with van der Waals surface area (Å²) in [6.07, 6.45) is 2.04. The van der Waals surface area contributed by atoms with Gasteiger partial charge in [-0.05, 0) is 25.7 Å². The van der Waals surface area contributed by atoms with Crippen molar-refractivity contribution >= 4 is 10.1 Å². The standard InChI is InChI=1S/C9H20O4S.K/c1-3-5-8(10)6-7-9(4-2)14(11,12)13;/h8-10H,3-7H2,1-2H3,(H,11,12,13);/q;+1/p-1. The van der Waals surface area contributed by atoms with E-state index < -0.39 is 21.5 Å². The molecule has 2 unspecified atom stereocenters. The van der Waals surface area contributed by atoms with Crippen LogP contribution < -0.4 is 51.4 Å². The molecular formula is C9H19KO4S. The molecule has 0 heterocycles. The Kier molecular flexibility index (Phi) is 12.0. The van der Waals surface area contributed by atoms with Gasteiger partial charge >= 0.3 is 51.4 Å². The van der Waals surface area contributed by atoms with Crippen molar-refractivity contribution in [1.29, 1.82) is 0 Å². The van der Waals surface area contributed by atoms with Crippen molar-refractivity contribution in [2.45, 2.75) is 57.3 Å². The van der Waals surface area contributed by atoms with Gasteiger partial charge in [-0.3, -0.25) is 0 Å². The van der Waals surface area contributed by atoms with E-state index in [1.54, 1.807) is 6.92 Å². The molecule has 15 heavy (non-hydrogen) atoms. The van der Waals surface area contributed by atoms with Gasteiger partial charge in [-0.15, -0.1) is 0 Å². The van der Waals surface area contributed by atoms with Crippen LogP contribution in [0.25, 0.3) is 0 Å². The molecular weight excluding hydrogens is 243 g/mol. The Hall–Kier alpha value is 1.51. The molecule has 0 bridgehead atoms. The van der Waals surface area contributed by atoms with Crippen LogP contribution in [0.4, 0.5) is 0 Å². The number of aliphatic hydroxyl groups is 1. The van der Waals surface area contributed by atoms with E-state index in [-0.39, 0.29) is 57.8 Å². The number of hydrogen-bond acceptors (Lipinski definition) is 4. The number of aliphatic hydroxyl groups excluding tert-OH is 1. The van der Waals surface area contributed by atoms with E-state index in [4.69, 9.17) is 0 Å². The quantitative estimate of drug-likeness (QED) is 0.436. The van der Waals surface area contributed by atoms with E-state index in [0.29, 0.717) is 19.3 Å². The zero-order valence-electron chi connectivity index (χ0n) is 9.77. The van der Waals surface area contributed by atoms with E-state index >= 15 is 0 Å². The average Bonchev–Trinajstić information content (AvgIpc) is 2.03. The molecule has 1 N–H and O–H groups in total. The van der Waals surface area contributed by atoms with Crippen molar-refractivity contribution in [2.24, 2.45) is 0 Å². The Labute approximate surface area is 135 Å². The van der Waals surface area contributed by atoms with Crippen molar-refractivity contribution in [3.05, 3.63) is 0 Å². The van der Waals surface area contributed by atoms with Gasteiger partial charge in [0.2, 0.25) is 0 Å². The van der Waals surface area contributed by atoms with E-state index in [9.17, 15) is 18.1 Å². The summed E-state index contributed by atoms with van der Waals surface area (Å²) in [5, 5.41) is 8.52. The van der Waals surface area contributed by atoms with Crippen molar-refractivity contribution in [3.63, 3.8) is 0 Å². The molecule has 6 heteroatoms. The van der Waals surface area contributed by atoms with Crippen molar-refractivity contribution in [1.82, 2.24) is 0 Å². The Bertz CT molecular complexity index is 240. The van der Waals surface area contributed by atoms with Crippen LogP contribution >= 0.6 is 0 Å². The largest absolute Gasteiger partial charge is 1.00 e. The van der Waals surface area contributed by atoms with Gasteiger partial charge < -0.3 is 9.66 Å². The average molecular weight is 262 g/mol. The van der Waals surface area contributed by atoms with Gasteiger partial charge in [0.05, 0.1) is 16.2 Å². The molecule has 0 radical (unpaired) electrons. The normalized spacial score (nSPS) is 15.5. The maximum atomic E-state index is 10.7. The van der Waals surface area contributed by atoms with E-state index in [0.717, 1.165) is 6.42 Å². The molecule has 0 aliphatic carbocycles. The van der Waals surface area contributed by atoms with Gasteiger partial charge in [-0.25, -0.2) is 8.42 Å². The predicted octanol–water partition coefficient (Wildman–Crippen LogP) is -1.74. The first-order chi connectivity index (χ1) is 6.41. The summed E-state index contributed by atoms with van der Waals surface area (Å²) >= 11 is 0. The molecule has 0 aromatic carbocycles. The SMILES string of the molecule is CCCC(O)CCC(CC)S(=O)(=O)[O-].[K+]. The summed E-state index contributed by atoms with van der Waals surface area (Å²) < 4.78 is 32.1. The molecule has 0 spiro atoms. The second kappa shape index (κ2) is 9.53. The fourth-order valence-corrected chi connectivity index (χ4v) is 2.24. The Morgan fingerprint density at radius 1 is 1.20 bits per heavy atom.